The van der Waals surface area contributed by atoms with E-state index in [2.05, 4.69) is 13.8 Å². The van der Waals surface area contributed by atoms with Crippen LogP contribution in [0.2, 0.25) is 0 Å². The van der Waals surface area contributed by atoms with Crippen LogP contribution >= 0.6 is 0 Å². The highest BCUT2D eigenvalue weighted by molar-refractivity contribution is 4.82. The van der Waals surface area contributed by atoms with Gasteiger partial charge in [-0.3, -0.25) is 0 Å². The molecule has 1 nitrogen and oxygen atoms in total. The van der Waals surface area contributed by atoms with Crippen molar-refractivity contribution < 1.29 is 4.74 Å². The topological polar surface area (TPSA) is 9.23 Å². The van der Waals surface area contributed by atoms with Crippen molar-refractivity contribution in [2.24, 2.45) is 29.6 Å². The second-order valence-corrected chi connectivity index (χ2v) is 11.5. The highest BCUT2D eigenvalue weighted by Crippen LogP contribution is 2.41. The summed E-state index contributed by atoms with van der Waals surface area (Å²) in [7, 11) is 0. The summed E-state index contributed by atoms with van der Waals surface area (Å²) >= 11 is 0. The van der Waals surface area contributed by atoms with Gasteiger partial charge in [0.15, 0.2) is 0 Å². The first-order valence-electron chi connectivity index (χ1n) is 14.4. The second-order valence-electron chi connectivity index (χ2n) is 11.5. The van der Waals surface area contributed by atoms with E-state index < -0.39 is 0 Å². The summed E-state index contributed by atoms with van der Waals surface area (Å²) in [6, 6.07) is 0. The molecule has 3 rings (SSSR count). The van der Waals surface area contributed by atoms with Crippen molar-refractivity contribution >= 4 is 0 Å². The van der Waals surface area contributed by atoms with Gasteiger partial charge in [0.2, 0.25) is 0 Å². The summed E-state index contributed by atoms with van der Waals surface area (Å²) in [5.41, 5.74) is 0. The molecule has 176 valence electrons. The van der Waals surface area contributed by atoms with E-state index in [1.54, 1.807) is 0 Å². The van der Waals surface area contributed by atoms with Crippen molar-refractivity contribution in [1.82, 2.24) is 0 Å². The lowest BCUT2D eigenvalue weighted by Crippen LogP contribution is -2.28. The molecule has 30 heavy (non-hydrogen) atoms. The summed E-state index contributed by atoms with van der Waals surface area (Å²) in [6.45, 7) is 5.71. The molecule has 3 fully saturated rings. The molecule has 3 aliphatic carbocycles. The standard InChI is InChI=1S/C29H54O/c1-3-5-6-9-25-15-17-27(18-16-25)28-19-21-29(22-20-28)30-23-7-10-26-13-11-24(8-4-2)12-14-26/h24-29H,3-23H2,1-2H3/t24?,25-,26?,27-,28?,29?. The summed E-state index contributed by atoms with van der Waals surface area (Å²) in [6.07, 6.45) is 29.7. The maximum Gasteiger partial charge on any atom is 0.0575 e. The normalized spacial score (nSPS) is 35.4. The molecule has 0 aromatic heterocycles. The Hall–Kier alpha value is -0.0400. The Balaban J connectivity index is 1.19. The first kappa shape index (κ1) is 24.6. The minimum Gasteiger partial charge on any atom is -0.378 e. The fraction of sp³-hybridized carbons (Fsp3) is 1.00. The number of ether oxygens (including phenoxy) is 1. The van der Waals surface area contributed by atoms with E-state index in [1.807, 2.05) is 0 Å². The van der Waals surface area contributed by atoms with E-state index in [0.717, 1.165) is 36.2 Å². The van der Waals surface area contributed by atoms with Crippen LogP contribution in [0.3, 0.4) is 0 Å². The fourth-order valence-electron chi connectivity index (χ4n) is 7.20. The molecule has 1 heteroatoms. The molecule has 0 bridgehead atoms. The lowest BCUT2D eigenvalue weighted by atomic mass is 9.70. The summed E-state index contributed by atoms with van der Waals surface area (Å²) in [5.74, 6) is 5.20. The summed E-state index contributed by atoms with van der Waals surface area (Å²) in [4.78, 5) is 0. The zero-order valence-electron chi connectivity index (χ0n) is 20.7. The maximum atomic E-state index is 6.34. The molecule has 3 aliphatic rings. The molecular weight excluding hydrogens is 364 g/mol. The Kier molecular flexibility index (Phi) is 11.6. The molecule has 0 radical (unpaired) electrons. The second kappa shape index (κ2) is 14.2. The van der Waals surface area contributed by atoms with Crippen molar-refractivity contribution in [2.45, 2.75) is 148 Å². The number of rotatable bonds is 12. The predicted molar refractivity (Wildman–Crippen MR) is 131 cm³/mol. The third kappa shape index (κ3) is 8.48. The molecule has 0 N–H and O–H groups in total. The van der Waals surface area contributed by atoms with Gasteiger partial charge in [-0.25, -0.2) is 0 Å². The maximum absolute atomic E-state index is 6.34. The van der Waals surface area contributed by atoms with Crippen LogP contribution in [-0.2, 0) is 4.74 Å². The first-order valence-corrected chi connectivity index (χ1v) is 14.4. The van der Waals surface area contributed by atoms with Gasteiger partial charge in [0.1, 0.15) is 0 Å². The highest BCUT2D eigenvalue weighted by atomic mass is 16.5. The van der Waals surface area contributed by atoms with Crippen LogP contribution in [0.1, 0.15) is 142 Å². The Morgan fingerprint density at radius 1 is 0.500 bits per heavy atom. The lowest BCUT2D eigenvalue weighted by molar-refractivity contribution is 0.00367. The molecule has 0 aliphatic heterocycles. The molecule has 0 heterocycles. The van der Waals surface area contributed by atoms with Gasteiger partial charge in [-0.2, -0.15) is 0 Å². The van der Waals surface area contributed by atoms with Gasteiger partial charge in [-0.05, 0) is 81.0 Å². The Bertz CT molecular complexity index is 408. The Morgan fingerprint density at radius 2 is 1.00 bits per heavy atom. The number of hydrogen-bond acceptors (Lipinski definition) is 1. The SMILES string of the molecule is CCCCC[C@H]1CC[C@H](C2CCC(OCCCC3CCC(CCC)CC3)CC2)CC1. The van der Waals surface area contributed by atoms with Gasteiger partial charge in [0.05, 0.1) is 6.10 Å². The van der Waals surface area contributed by atoms with E-state index in [-0.39, 0.29) is 0 Å². The van der Waals surface area contributed by atoms with Gasteiger partial charge in [-0.15, -0.1) is 0 Å². The average Bonchev–Trinajstić information content (AvgIpc) is 2.79. The number of unbranched alkanes of at least 4 members (excludes halogenated alkanes) is 2. The van der Waals surface area contributed by atoms with Crippen molar-refractivity contribution in [3.8, 4) is 0 Å². The van der Waals surface area contributed by atoms with Crippen LogP contribution in [0.15, 0.2) is 0 Å². The van der Waals surface area contributed by atoms with Crippen LogP contribution in [0, 0.1) is 29.6 Å². The van der Waals surface area contributed by atoms with Gasteiger partial charge >= 0.3 is 0 Å². The molecule has 0 saturated heterocycles. The Morgan fingerprint density at radius 3 is 1.57 bits per heavy atom. The molecule has 0 aromatic rings. The molecule has 3 saturated carbocycles. The van der Waals surface area contributed by atoms with Crippen LogP contribution in [0.5, 0.6) is 0 Å². The van der Waals surface area contributed by atoms with Gasteiger partial charge in [0, 0.05) is 6.61 Å². The monoisotopic (exact) mass is 418 g/mol. The molecule has 0 atom stereocenters. The predicted octanol–water partition coefficient (Wildman–Crippen LogP) is 9.34. The van der Waals surface area contributed by atoms with Crippen LogP contribution in [0.25, 0.3) is 0 Å². The van der Waals surface area contributed by atoms with Gasteiger partial charge < -0.3 is 4.74 Å². The zero-order valence-corrected chi connectivity index (χ0v) is 20.7. The summed E-state index contributed by atoms with van der Waals surface area (Å²) in [5, 5.41) is 0. The van der Waals surface area contributed by atoms with E-state index >= 15 is 0 Å². The van der Waals surface area contributed by atoms with E-state index in [4.69, 9.17) is 4.74 Å². The molecule has 0 amide bonds. The van der Waals surface area contributed by atoms with E-state index in [0.29, 0.717) is 6.10 Å². The van der Waals surface area contributed by atoms with E-state index in [9.17, 15) is 0 Å². The summed E-state index contributed by atoms with van der Waals surface area (Å²) < 4.78 is 6.34. The van der Waals surface area contributed by atoms with Gasteiger partial charge in [0.25, 0.3) is 0 Å². The third-order valence-corrected chi connectivity index (χ3v) is 9.27. The third-order valence-electron chi connectivity index (χ3n) is 9.27. The van der Waals surface area contributed by atoms with Crippen LogP contribution < -0.4 is 0 Å². The molecule has 0 spiro atoms. The van der Waals surface area contributed by atoms with Crippen molar-refractivity contribution in [2.75, 3.05) is 6.61 Å². The Labute approximate surface area is 189 Å². The fourth-order valence-corrected chi connectivity index (χ4v) is 7.20. The molecular formula is C29H54O. The van der Waals surface area contributed by atoms with Crippen molar-refractivity contribution in [1.29, 1.82) is 0 Å². The molecule has 0 unspecified atom stereocenters. The lowest BCUT2D eigenvalue weighted by Gasteiger charge is -2.38. The van der Waals surface area contributed by atoms with Crippen molar-refractivity contribution in [3.05, 3.63) is 0 Å². The van der Waals surface area contributed by atoms with E-state index in [1.165, 1.54) is 128 Å². The highest BCUT2D eigenvalue weighted by Gasteiger charge is 2.31. The first-order chi connectivity index (χ1) is 14.8. The van der Waals surface area contributed by atoms with Crippen LogP contribution in [0.4, 0.5) is 0 Å². The minimum absolute atomic E-state index is 0.590. The smallest absolute Gasteiger partial charge is 0.0575 e. The largest absolute Gasteiger partial charge is 0.378 e. The molecule has 0 aromatic carbocycles. The minimum atomic E-state index is 0.590. The zero-order chi connectivity index (χ0) is 21.0. The van der Waals surface area contributed by atoms with Gasteiger partial charge in [-0.1, -0.05) is 90.9 Å². The van der Waals surface area contributed by atoms with Crippen molar-refractivity contribution in [3.63, 3.8) is 0 Å². The number of hydrogen-bond donors (Lipinski definition) is 0. The quantitative estimate of drug-likeness (QED) is 0.287. The average molecular weight is 419 g/mol. The van der Waals surface area contributed by atoms with Crippen LogP contribution in [-0.4, -0.2) is 12.7 Å².